The van der Waals surface area contributed by atoms with Crippen LogP contribution in [0, 0.1) is 18.8 Å². The number of carbonyl (C=O) groups is 1. The van der Waals surface area contributed by atoms with Crippen molar-refractivity contribution in [2.24, 2.45) is 0 Å². The highest BCUT2D eigenvalue weighted by Gasteiger charge is 2.09. The number of benzene rings is 1. The number of carbonyl (C=O) groups excluding carboxylic acids is 1. The zero-order chi connectivity index (χ0) is 18.2. The lowest BCUT2D eigenvalue weighted by molar-refractivity contribution is 0.0556. The number of aromatic nitrogens is 3. The highest BCUT2D eigenvalue weighted by atomic mass is 32.2. The minimum Gasteiger partial charge on any atom is -0.449 e. The minimum absolute atomic E-state index is 0.0415. The first-order valence-corrected chi connectivity index (χ1v) is 8.78. The monoisotopic (exact) mass is 365 g/mol. The molecule has 0 aliphatic carbocycles. The van der Waals surface area contributed by atoms with Gasteiger partial charge in [0, 0.05) is 18.0 Å². The lowest BCUT2D eigenvalue weighted by Crippen LogP contribution is -2.07. The van der Waals surface area contributed by atoms with Crippen LogP contribution in [0.2, 0.25) is 0 Å². The predicted octanol–water partition coefficient (Wildman–Crippen LogP) is 3.39. The van der Waals surface area contributed by atoms with Crippen LogP contribution in [0.3, 0.4) is 0 Å². The summed E-state index contributed by atoms with van der Waals surface area (Å²) in [7, 11) is 0. The number of rotatable bonds is 5. The van der Waals surface area contributed by atoms with Crippen molar-refractivity contribution >= 4 is 17.7 Å². The van der Waals surface area contributed by atoms with E-state index >= 15 is 0 Å². The summed E-state index contributed by atoms with van der Waals surface area (Å²) in [5.74, 6) is 6.23. The molecule has 6 nitrogen and oxygen atoms in total. The number of aryl methyl sites for hydroxylation is 1. The molecule has 0 spiro atoms. The van der Waals surface area contributed by atoms with Crippen molar-refractivity contribution in [3.63, 3.8) is 0 Å². The first-order valence-electron chi connectivity index (χ1n) is 7.79. The predicted molar refractivity (Wildman–Crippen MR) is 97.5 cm³/mol. The maximum atomic E-state index is 11.9. The summed E-state index contributed by atoms with van der Waals surface area (Å²) in [5.41, 5.74) is 2.24. The van der Waals surface area contributed by atoms with Crippen LogP contribution in [-0.4, -0.2) is 33.5 Å². The molecule has 3 rings (SSSR count). The van der Waals surface area contributed by atoms with Gasteiger partial charge in [0.1, 0.15) is 0 Å². The zero-order valence-electron chi connectivity index (χ0n) is 14.0. The number of esters is 1. The van der Waals surface area contributed by atoms with Crippen LogP contribution in [0.4, 0.5) is 0 Å². The molecule has 7 heteroatoms. The topological polar surface area (TPSA) is 78.1 Å². The molecule has 0 amide bonds. The van der Waals surface area contributed by atoms with E-state index in [2.05, 4.69) is 27.0 Å². The third kappa shape index (κ3) is 4.71. The van der Waals surface area contributed by atoms with Crippen molar-refractivity contribution in [2.75, 3.05) is 12.4 Å². The van der Waals surface area contributed by atoms with Crippen LogP contribution in [0.15, 0.2) is 58.4 Å². The van der Waals surface area contributed by atoms with Gasteiger partial charge in [-0.3, -0.25) is 4.98 Å². The fourth-order valence-electron chi connectivity index (χ4n) is 2.06. The van der Waals surface area contributed by atoms with Crippen LogP contribution in [0.1, 0.15) is 15.9 Å². The standard InChI is InChI=1S/C19H15N3O3S/c1-14-6-2-3-7-16(14)18(23)24-12-4-5-13-26-19-22-21-17(25-19)15-8-10-20-11-9-15/h2-3,6-11H,12-13H2,1H3. The van der Waals surface area contributed by atoms with Crippen molar-refractivity contribution < 1.29 is 13.9 Å². The summed E-state index contributed by atoms with van der Waals surface area (Å²) in [6, 6.07) is 10.9. The van der Waals surface area contributed by atoms with Crippen LogP contribution < -0.4 is 0 Å². The van der Waals surface area contributed by atoms with Gasteiger partial charge in [0.15, 0.2) is 6.61 Å². The van der Waals surface area contributed by atoms with Crippen molar-refractivity contribution in [1.82, 2.24) is 15.2 Å². The molecule has 0 bridgehead atoms. The smallest absolute Gasteiger partial charge is 0.339 e. The number of thioether (sulfide) groups is 1. The zero-order valence-corrected chi connectivity index (χ0v) is 14.8. The third-order valence-corrected chi connectivity index (χ3v) is 4.07. The summed E-state index contributed by atoms with van der Waals surface area (Å²) < 4.78 is 10.7. The van der Waals surface area contributed by atoms with Crippen molar-refractivity contribution in [3.05, 3.63) is 59.9 Å². The number of pyridine rings is 1. The fraction of sp³-hybridized carbons (Fsp3) is 0.158. The second kappa shape index (κ2) is 8.83. The van der Waals surface area contributed by atoms with Gasteiger partial charge in [0.2, 0.25) is 5.89 Å². The third-order valence-electron chi connectivity index (χ3n) is 3.37. The van der Waals surface area contributed by atoms with Crippen molar-refractivity contribution in [1.29, 1.82) is 0 Å². The van der Waals surface area contributed by atoms with E-state index in [0.29, 0.717) is 22.4 Å². The lowest BCUT2D eigenvalue weighted by Gasteiger charge is -2.03. The van der Waals surface area contributed by atoms with E-state index in [9.17, 15) is 4.79 Å². The average Bonchev–Trinajstić information content (AvgIpc) is 3.14. The number of hydrogen-bond donors (Lipinski definition) is 0. The molecular weight excluding hydrogens is 350 g/mol. The van der Waals surface area contributed by atoms with E-state index in [1.807, 2.05) is 19.1 Å². The lowest BCUT2D eigenvalue weighted by atomic mass is 10.1. The van der Waals surface area contributed by atoms with Crippen molar-refractivity contribution in [3.8, 4) is 23.3 Å². The summed E-state index contributed by atoms with van der Waals surface area (Å²) in [4.78, 5) is 15.9. The molecule has 3 aromatic rings. The minimum atomic E-state index is -0.371. The van der Waals surface area contributed by atoms with Gasteiger partial charge in [0.25, 0.3) is 5.22 Å². The van der Waals surface area contributed by atoms with Gasteiger partial charge in [0.05, 0.1) is 11.3 Å². The van der Waals surface area contributed by atoms with Crippen molar-refractivity contribution in [2.45, 2.75) is 12.1 Å². The first kappa shape index (κ1) is 17.7. The number of ether oxygens (including phenoxy) is 1. The van der Waals surface area contributed by atoms with Gasteiger partial charge in [-0.05, 0) is 30.7 Å². The largest absolute Gasteiger partial charge is 0.449 e. The van der Waals surface area contributed by atoms with Crippen LogP contribution in [-0.2, 0) is 4.74 Å². The Labute approximate surface area is 155 Å². The molecule has 130 valence electrons. The second-order valence-electron chi connectivity index (χ2n) is 5.14. The molecular formula is C19H15N3O3S. The molecule has 0 atom stereocenters. The average molecular weight is 365 g/mol. The molecule has 2 aromatic heterocycles. The Hall–Kier alpha value is -3.11. The quantitative estimate of drug-likeness (QED) is 0.389. The van der Waals surface area contributed by atoms with E-state index < -0.39 is 0 Å². The second-order valence-corrected chi connectivity index (χ2v) is 6.07. The van der Waals surface area contributed by atoms with Crippen LogP contribution in [0.5, 0.6) is 0 Å². The van der Waals surface area contributed by atoms with Gasteiger partial charge in [-0.2, -0.15) is 0 Å². The van der Waals surface area contributed by atoms with Gasteiger partial charge in [-0.25, -0.2) is 4.79 Å². The summed E-state index contributed by atoms with van der Waals surface area (Å²) in [6.45, 7) is 1.91. The fourth-order valence-corrected chi connectivity index (χ4v) is 2.59. The van der Waals surface area contributed by atoms with Gasteiger partial charge >= 0.3 is 5.97 Å². The van der Waals surface area contributed by atoms with Gasteiger partial charge in [-0.1, -0.05) is 41.8 Å². The molecule has 0 N–H and O–H groups in total. The molecule has 0 saturated heterocycles. The highest BCUT2D eigenvalue weighted by Crippen LogP contribution is 2.22. The Bertz CT molecular complexity index is 945. The van der Waals surface area contributed by atoms with Crippen LogP contribution in [0.25, 0.3) is 11.5 Å². The molecule has 0 aliphatic heterocycles. The Morgan fingerprint density at radius 3 is 2.77 bits per heavy atom. The maximum absolute atomic E-state index is 11.9. The molecule has 0 saturated carbocycles. The maximum Gasteiger partial charge on any atom is 0.339 e. The van der Waals surface area contributed by atoms with Gasteiger partial charge in [-0.15, -0.1) is 10.2 Å². The van der Waals surface area contributed by atoms with E-state index in [1.165, 1.54) is 11.8 Å². The highest BCUT2D eigenvalue weighted by molar-refractivity contribution is 7.99. The number of nitrogens with zero attached hydrogens (tertiary/aromatic N) is 3. The Morgan fingerprint density at radius 1 is 1.15 bits per heavy atom. The molecule has 26 heavy (non-hydrogen) atoms. The summed E-state index contributed by atoms with van der Waals surface area (Å²) in [5, 5.41) is 8.38. The normalized spacial score (nSPS) is 10.0. The molecule has 1 aromatic carbocycles. The van der Waals surface area contributed by atoms with E-state index in [1.54, 1.807) is 36.7 Å². The van der Waals surface area contributed by atoms with Crippen LogP contribution >= 0.6 is 11.8 Å². The summed E-state index contributed by atoms with van der Waals surface area (Å²) >= 11 is 1.32. The van der Waals surface area contributed by atoms with Gasteiger partial charge < -0.3 is 9.15 Å². The number of hydrogen-bond acceptors (Lipinski definition) is 7. The Morgan fingerprint density at radius 2 is 1.96 bits per heavy atom. The van der Waals surface area contributed by atoms with E-state index in [-0.39, 0.29) is 12.6 Å². The Kier molecular flexibility index (Phi) is 6.01. The molecule has 2 heterocycles. The molecule has 0 fully saturated rings. The molecule has 0 aliphatic rings. The SMILES string of the molecule is Cc1ccccc1C(=O)OCC#CCSc1nnc(-c2ccncc2)o1. The summed E-state index contributed by atoms with van der Waals surface area (Å²) in [6.07, 6.45) is 3.33. The Balaban J connectivity index is 1.44. The molecule has 0 radical (unpaired) electrons. The first-order chi connectivity index (χ1) is 12.7. The van der Waals surface area contributed by atoms with E-state index in [4.69, 9.17) is 9.15 Å². The molecule has 0 unspecified atom stereocenters. The van der Waals surface area contributed by atoms with E-state index in [0.717, 1.165) is 11.1 Å².